The van der Waals surface area contributed by atoms with E-state index in [0.717, 1.165) is 27.2 Å². The molecule has 7 aromatic carbocycles. The van der Waals surface area contributed by atoms with Crippen LogP contribution in [0.4, 0.5) is 0 Å². The van der Waals surface area contributed by atoms with Crippen molar-refractivity contribution < 1.29 is 0 Å². The Labute approximate surface area is 253 Å². The summed E-state index contributed by atoms with van der Waals surface area (Å²) in [6.45, 7) is 0. The average molecular weight is 565 g/mol. The van der Waals surface area contributed by atoms with Crippen LogP contribution in [0.5, 0.6) is 0 Å². The fourth-order valence-corrected chi connectivity index (χ4v) is 6.72. The lowest BCUT2D eigenvalue weighted by atomic mass is 9.95. The highest BCUT2D eigenvalue weighted by molar-refractivity contribution is 7.21. The SMILES string of the molecule is N#Cc1ccc(-c2ccc3cc(-c4ccc5cc(-c6ccc(-c7nc8ccccc8s7)cc6)ccc5c4)ccc3c2)cc1. The standard InChI is InChI=1S/C40H24N2S/c41-25-26-5-7-27(8-6-26)30-13-15-34-23-36(19-17-32(34)21-30)37-20-18-33-22-31(14-16-35(33)24-37)28-9-11-29(12-10-28)40-42-38-3-1-2-4-39(38)43-40/h1-24H. The van der Waals surface area contributed by atoms with Gasteiger partial charge in [0.05, 0.1) is 21.8 Å². The minimum absolute atomic E-state index is 0.677. The van der Waals surface area contributed by atoms with Crippen molar-refractivity contribution in [2.45, 2.75) is 0 Å². The number of benzene rings is 7. The third kappa shape index (κ3) is 4.75. The lowest BCUT2D eigenvalue weighted by molar-refractivity contribution is 1.48. The molecule has 0 radical (unpaired) electrons. The molecule has 0 atom stereocenters. The summed E-state index contributed by atoms with van der Waals surface area (Å²) in [5.74, 6) is 0. The van der Waals surface area contributed by atoms with E-state index in [-0.39, 0.29) is 0 Å². The molecule has 43 heavy (non-hydrogen) atoms. The second kappa shape index (κ2) is 10.4. The molecule has 0 amide bonds. The van der Waals surface area contributed by atoms with Crippen molar-refractivity contribution in [3.8, 4) is 50.0 Å². The Kier molecular flexibility index (Phi) is 6.07. The van der Waals surface area contributed by atoms with Crippen LogP contribution < -0.4 is 0 Å². The highest BCUT2D eigenvalue weighted by Gasteiger charge is 2.08. The van der Waals surface area contributed by atoms with Crippen molar-refractivity contribution in [3.05, 3.63) is 151 Å². The first kappa shape index (κ1) is 25.2. The average Bonchev–Trinajstić information content (AvgIpc) is 3.52. The van der Waals surface area contributed by atoms with Gasteiger partial charge < -0.3 is 0 Å². The second-order valence-corrected chi connectivity index (χ2v) is 11.8. The Balaban J connectivity index is 1.05. The van der Waals surface area contributed by atoms with Gasteiger partial charge in [0.1, 0.15) is 5.01 Å². The smallest absolute Gasteiger partial charge is 0.124 e. The molecule has 0 fully saturated rings. The molecule has 1 heterocycles. The molecular weight excluding hydrogens is 541 g/mol. The van der Waals surface area contributed by atoms with Crippen LogP contribution in [-0.2, 0) is 0 Å². The van der Waals surface area contributed by atoms with E-state index in [0.29, 0.717) is 5.56 Å². The zero-order valence-corrected chi connectivity index (χ0v) is 24.0. The van der Waals surface area contributed by atoms with Crippen molar-refractivity contribution in [2.75, 3.05) is 0 Å². The molecule has 200 valence electrons. The van der Waals surface area contributed by atoms with Gasteiger partial charge in [-0.25, -0.2) is 4.98 Å². The number of thiazole rings is 1. The van der Waals surface area contributed by atoms with Crippen LogP contribution in [0.2, 0.25) is 0 Å². The molecule has 3 heteroatoms. The van der Waals surface area contributed by atoms with Crippen molar-refractivity contribution in [2.24, 2.45) is 0 Å². The Hall–Kier alpha value is -5.56. The number of nitriles is 1. The first-order valence-corrected chi connectivity index (χ1v) is 15.1. The number of nitrogens with zero attached hydrogens (tertiary/aromatic N) is 2. The zero-order chi connectivity index (χ0) is 28.8. The van der Waals surface area contributed by atoms with Crippen molar-refractivity contribution in [3.63, 3.8) is 0 Å². The molecule has 0 aliphatic heterocycles. The molecule has 0 aliphatic rings. The highest BCUT2D eigenvalue weighted by atomic mass is 32.1. The molecule has 8 aromatic rings. The summed E-state index contributed by atoms with van der Waals surface area (Å²) in [4.78, 5) is 4.81. The molecule has 0 bridgehead atoms. The number of aromatic nitrogens is 1. The van der Waals surface area contributed by atoms with Crippen molar-refractivity contribution >= 4 is 43.1 Å². The van der Waals surface area contributed by atoms with Gasteiger partial charge in [-0.3, -0.25) is 0 Å². The van der Waals surface area contributed by atoms with Crippen LogP contribution in [0.3, 0.4) is 0 Å². The fraction of sp³-hybridized carbons (Fsp3) is 0. The number of rotatable bonds is 4. The fourth-order valence-electron chi connectivity index (χ4n) is 5.75. The largest absolute Gasteiger partial charge is 0.236 e. The molecule has 0 spiro atoms. The number of para-hydroxylation sites is 1. The van der Waals surface area contributed by atoms with E-state index in [2.05, 4.69) is 121 Å². The molecule has 0 aliphatic carbocycles. The Morgan fingerprint density at radius 2 is 0.860 bits per heavy atom. The first-order chi connectivity index (χ1) is 21.2. The normalized spacial score (nSPS) is 11.2. The van der Waals surface area contributed by atoms with Crippen molar-refractivity contribution in [1.29, 1.82) is 5.26 Å². The molecule has 0 N–H and O–H groups in total. The lowest BCUT2D eigenvalue weighted by Crippen LogP contribution is -1.84. The lowest BCUT2D eigenvalue weighted by Gasteiger charge is -2.09. The van der Waals surface area contributed by atoms with Gasteiger partial charge in [0.2, 0.25) is 0 Å². The summed E-state index contributed by atoms with van der Waals surface area (Å²) < 4.78 is 1.22. The Morgan fingerprint density at radius 1 is 0.442 bits per heavy atom. The molecule has 2 nitrogen and oxygen atoms in total. The first-order valence-electron chi connectivity index (χ1n) is 14.3. The third-order valence-electron chi connectivity index (χ3n) is 8.12. The monoisotopic (exact) mass is 564 g/mol. The van der Waals surface area contributed by atoms with E-state index < -0.39 is 0 Å². The minimum Gasteiger partial charge on any atom is -0.236 e. The maximum atomic E-state index is 9.09. The van der Waals surface area contributed by atoms with Gasteiger partial charge in [0.25, 0.3) is 0 Å². The van der Waals surface area contributed by atoms with Crippen LogP contribution in [0, 0.1) is 11.3 Å². The summed E-state index contributed by atoms with van der Waals surface area (Å²) in [6.07, 6.45) is 0. The van der Waals surface area contributed by atoms with Gasteiger partial charge in [0.15, 0.2) is 0 Å². The number of hydrogen-bond acceptors (Lipinski definition) is 3. The van der Waals surface area contributed by atoms with E-state index in [9.17, 15) is 0 Å². The van der Waals surface area contributed by atoms with E-state index in [1.165, 1.54) is 48.5 Å². The zero-order valence-electron chi connectivity index (χ0n) is 23.2. The van der Waals surface area contributed by atoms with Crippen LogP contribution in [-0.4, -0.2) is 4.98 Å². The quantitative estimate of drug-likeness (QED) is 0.213. The van der Waals surface area contributed by atoms with Gasteiger partial charge in [0, 0.05) is 5.56 Å². The van der Waals surface area contributed by atoms with Crippen LogP contribution in [0.25, 0.3) is 75.7 Å². The molecule has 0 unspecified atom stereocenters. The summed E-state index contributed by atoms with van der Waals surface area (Å²) in [5.41, 5.74) is 9.96. The van der Waals surface area contributed by atoms with E-state index in [1.54, 1.807) is 11.3 Å². The maximum absolute atomic E-state index is 9.09. The summed E-state index contributed by atoms with van der Waals surface area (Å²) in [6, 6.07) is 53.6. The van der Waals surface area contributed by atoms with E-state index in [1.807, 2.05) is 30.3 Å². The number of hydrogen-bond donors (Lipinski definition) is 0. The molecule has 1 aromatic heterocycles. The predicted molar refractivity (Wildman–Crippen MR) is 181 cm³/mol. The van der Waals surface area contributed by atoms with Gasteiger partial charge >= 0.3 is 0 Å². The number of fused-ring (bicyclic) bond motifs is 3. The van der Waals surface area contributed by atoms with Gasteiger partial charge in [-0.2, -0.15) is 5.26 Å². The molecule has 8 rings (SSSR count). The van der Waals surface area contributed by atoms with Gasteiger partial charge in [-0.1, -0.05) is 97.1 Å². The van der Waals surface area contributed by atoms with Crippen molar-refractivity contribution in [1.82, 2.24) is 4.98 Å². The summed E-state index contributed by atoms with van der Waals surface area (Å²) >= 11 is 1.73. The predicted octanol–water partition coefficient (Wildman–Crippen LogP) is 11.1. The van der Waals surface area contributed by atoms with Crippen LogP contribution in [0.1, 0.15) is 5.56 Å². The van der Waals surface area contributed by atoms with E-state index >= 15 is 0 Å². The summed E-state index contributed by atoms with van der Waals surface area (Å²) in [7, 11) is 0. The van der Waals surface area contributed by atoms with Crippen LogP contribution in [0.15, 0.2) is 146 Å². The third-order valence-corrected chi connectivity index (χ3v) is 9.21. The topological polar surface area (TPSA) is 36.7 Å². The minimum atomic E-state index is 0.677. The van der Waals surface area contributed by atoms with E-state index in [4.69, 9.17) is 10.2 Å². The van der Waals surface area contributed by atoms with Crippen LogP contribution >= 0.6 is 11.3 Å². The Bertz CT molecular complexity index is 2310. The Morgan fingerprint density at radius 3 is 1.35 bits per heavy atom. The highest BCUT2D eigenvalue weighted by Crippen LogP contribution is 2.34. The van der Waals surface area contributed by atoms with Gasteiger partial charge in [-0.05, 0) is 103 Å². The maximum Gasteiger partial charge on any atom is 0.124 e. The molecular formula is C40H24N2S. The molecule has 0 saturated carbocycles. The summed E-state index contributed by atoms with van der Waals surface area (Å²) in [5, 5.41) is 15.0. The van der Waals surface area contributed by atoms with Gasteiger partial charge in [-0.15, -0.1) is 11.3 Å². The molecule has 0 saturated heterocycles. The second-order valence-electron chi connectivity index (χ2n) is 10.8.